The average Bonchev–Trinajstić information content (AvgIpc) is 2.15. The lowest BCUT2D eigenvalue weighted by atomic mass is 10.2. The van der Waals surface area contributed by atoms with Crippen molar-refractivity contribution in [3.05, 3.63) is 35.4 Å². The van der Waals surface area contributed by atoms with Crippen molar-refractivity contribution in [2.75, 3.05) is 0 Å². The molecule has 0 saturated heterocycles. The molecule has 0 aliphatic carbocycles. The summed E-state index contributed by atoms with van der Waals surface area (Å²) in [6, 6.07) is 3.35. The zero-order valence-electron chi connectivity index (χ0n) is 7.84. The first-order valence-electron chi connectivity index (χ1n) is 4.31. The van der Waals surface area contributed by atoms with E-state index in [-0.39, 0.29) is 6.61 Å². The summed E-state index contributed by atoms with van der Waals surface area (Å²) in [4.78, 5) is 4.79. The zero-order valence-corrected chi connectivity index (χ0v) is 7.84. The molecule has 1 aromatic rings. The fourth-order valence-electron chi connectivity index (χ4n) is 0.873. The molecule has 0 N–H and O–H groups in total. The molecule has 0 amide bonds. The van der Waals surface area contributed by atoms with E-state index in [1.165, 1.54) is 12.1 Å². The maximum atomic E-state index is 13.0. The minimum Gasteiger partial charge on any atom is -0.391 e. The molecule has 0 aromatic heterocycles. The predicted octanol–water partition coefficient (Wildman–Crippen LogP) is 2.88. The van der Waals surface area contributed by atoms with Crippen LogP contribution in [0.25, 0.3) is 0 Å². The van der Waals surface area contributed by atoms with Crippen LogP contribution in [0.4, 0.5) is 8.78 Å². The third kappa shape index (κ3) is 3.12. The quantitative estimate of drug-likeness (QED) is 0.539. The number of hydrogen-bond acceptors (Lipinski definition) is 2. The lowest BCUT2D eigenvalue weighted by molar-refractivity contribution is 0.129. The van der Waals surface area contributed by atoms with Gasteiger partial charge in [0.15, 0.2) is 0 Å². The highest BCUT2D eigenvalue weighted by molar-refractivity contribution is 5.55. The van der Waals surface area contributed by atoms with Crippen LogP contribution in [-0.2, 0) is 11.4 Å². The molecule has 0 aliphatic heterocycles. The normalized spacial score (nSPS) is 10.8. The number of hydrogen-bond donors (Lipinski definition) is 0. The Bertz CT molecular complexity index is 326. The van der Waals surface area contributed by atoms with E-state index < -0.39 is 11.6 Å². The summed E-state index contributed by atoms with van der Waals surface area (Å²) in [5, 5.41) is 3.56. The van der Waals surface area contributed by atoms with Gasteiger partial charge >= 0.3 is 0 Å². The molecule has 1 rings (SSSR count). The van der Waals surface area contributed by atoms with Gasteiger partial charge in [0.2, 0.25) is 0 Å². The number of benzene rings is 1. The second kappa shape index (κ2) is 5.32. The molecular weight excluding hydrogens is 188 g/mol. The van der Waals surface area contributed by atoms with Crippen LogP contribution < -0.4 is 0 Å². The summed E-state index contributed by atoms with van der Waals surface area (Å²) in [6.45, 7) is 1.92. The summed E-state index contributed by atoms with van der Waals surface area (Å²) >= 11 is 0. The van der Waals surface area contributed by atoms with E-state index in [9.17, 15) is 8.78 Å². The third-order valence-corrected chi connectivity index (χ3v) is 1.57. The van der Waals surface area contributed by atoms with Crippen molar-refractivity contribution in [2.24, 2.45) is 5.16 Å². The summed E-state index contributed by atoms with van der Waals surface area (Å²) in [5.41, 5.74) is 0.291. The van der Waals surface area contributed by atoms with Gasteiger partial charge in [-0.05, 0) is 18.6 Å². The van der Waals surface area contributed by atoms with Crippen LogP contribution in [0.5, 0.6) is 0 Å². The highest BCUT2D eigenvalue weighted by Gasteiger charge is 2.03. The Morgan fingerprint density at radius 3 is 2.86 bits per heavy atom. The van der Waals surface area contributed by atoms with E-state index in [1.807, 2.05) is 6.92 Å². The molecule has 0 atom stereocenters. The molecule has 0 saturated carbocycles. The van der Waals surface area contributed by atoms with Gasteiger partial charge in [-0.1, -0.05) is 12.1 Å². The van der Waals surface area contributed by atoms with Gasteiger partial charge in [0.1, 0.15) is 18.2 Å². The number of halogens is 2. The van der Waals surface area contributed by atoms with Crippen molar-refractivity contribution in [1.29, 1.82) is 0 Å². The fourth-order valence-corrected chi connectivity index (χ4v) is 0.873. The van der Waals surface area contributed by atoms with E-state index in [0.717, 1.165) is 12.5 Å². The first kappa shape index (κ1) is 10.6. The smallest absolute Gasteiger partial charge is 0.145 e. The Kier molecular flexibility index (Phi) is 4.04. The molecule has 1 aromatic carbocycles. The molecule has 0 aliphatic rings. The summed E-state index contributed by atoms with van der Waals surface area (Å²) in [7, 11) is 0. The van der Waals surface area contributed by atoms with E-state index in [4.69, 9.17) is 4.84 Å². The molecule has 0 radical (unpaired) electrons. The number of nitrogens with zero attached hydrogens (tertiary/aromatic N) is 1. The van der Waals surface area contributed by atoms with Gasteiger partial charge in [0.05, 0.1) is 0 Å². The van der Waals surface area contributed by atoms with Crippen molar-refractivity contribution < 1.29 is 13.6 Å². The maximum Gasteiger partial charge on any atom is 0.145 e. The highest BCUT2D eigenvalue weighted by Crippen LogP contribution is 2.10. The topological polar surface area (TPSA) is 21.6 Å². The summed E-state index contributed by atoms with van der Waals surface area (Å²) in [6.07, 6.45) is 2.33. The Morgan fingerprint density at radius 2 is 2.21 bits per heavy atom. The first-order chi connectivity index (χ1) is 6.74. The van der Waals surface area contributed by atoms with Crippen molar-refractivity contribution >= 4 is 6.21 Å². The Balaban J connectivity index is 2.55. The second-order valence-corrected chi connectivity index (χ2v) is 2.71. The number of rotatable bonds is 4. The van der Waals surface area contributed by atoms with Gasteiger partial charge in [-0.2, -0.15) is 0 Å². The van der Waals surface area contributed by atoms with E-state index >= 15 is 0 Å². The van der Waals surface area contributed by atoms with Crippen LogP contribution in [0.1, 0.15) is 18.9 Å². The van der Waals surface area contributed by atoms with Gasteiger partial charge in [-0.3, -0.25) is 0 Å². The first-order valence-corrected chi connectivity index (χ1v) is 4.31. The van der Waals surface area contributed by atoms with Crippen molar-refractivity contribution in [3.63, 3.8) is 0 Å². The average molecular weight is 199 g/mol. The van der Waals surface area contributed by atoms with E-state index in [1.54, 1.807) is 6.21 Å². The SMILES string of the molecule is CCC=NOCc1ccc(F)cc1F. The molecule has 14 heavy (non-hydrogen) atoms. The lowest BCUT2D eigenvalue weighted by Gasteiger charge is -2.01. The van der Waals surface area contributed by atoms with Crippen LogP contribution in [0, 0.1) is 11.6 Å². The molecule has 0 fully saturated rings. The van der Waals surface area contributed by atoms with Crippen LogP contribution in [0.15, 0.2) is 23.4 Å². The Morgan fingerprint density at radius 1 is 1.43 bits per heavy atom. The minimum atomic E-state index is -0.614. The molecule has 0 unspecified atom stereocenters. The zero-order chi connectivity index (χ0) is 10.4. The minimum absolute atomic E-state index is 0.0165. The molecule has 2 nitrogen and oxygen atoms in total. The summed E-state index contributed by atoms with van der Waals surface area (Å²) in [5.74, 6) is -1.21. The highest BCUT2D eigenvalue weighted by atomic mass is 19.1. The maximum absolute atomic E-state index is 13.0. The largest absolute Gasteiger partial charge is 0.391 e. The Hall–Kier alpha value is -1.45. The van der Waals surface area contributed by atoms with Crippen LogP contribution >= 0.6 is 0 Å². The van der Waals surface area contributed by atoms with Crippen LogP contribution in [0.2, 0.25) is 0 Å². The standard InChI is InChI=1S/C10H11F2NO/c1-2-5-13-14-7-8-3-4-9(11)6-10(8)12/h3-6H,2,7H2,1H3. The predicted molar refractivity (Wildman–Crippen MR) is 49.9 cm³/mol. The van der Waals surface area contributed by atoms with Crippen LogP contribution in [0.3, 0.4) is 0 Å². The molecule has 0 spiro atoms. The van der Waals surface area contributed by atoms with Crippen LogP contribution in [-0.4, -0.2) is 6.21 Å². The van der Waals surface area contributed by atoms with E-state index in [0.29, 0.717) is 5.56 Å². The van der Waals surface area contributed by atoms with Crippen molar-refractivity contribution in [1.82, 2.24) is 0 Å². The summed E-state index contributed by atoms with van der Waals surface area (Å²) < 4.78 is 25.5. The fraction of sp³-hybridized carbons (Fsp3) is 0.300. The van der Waals surface area contributed by atoms with Gasteiger partial charge in [0, 0.05) is 17.8 Å². The lowest BCUT2D eigenvalue weighted by Crippen LogP contribution is -1.93. The molecule has 4 heteroatoms. The Labute approximate surface area is 81.2 Å². The molecule has 0 heterocycles. The van der Waals surface area contributed by atoms with Gasteiger partial charge in [0.25, 0.3) is 0 Å². The molecule has 0 bridgehead atoms. The van der Waals surface area contributed by atoms with Gasteiger partial charge in [-0.15, -0.1) is 0 Å². The second-order valence-electron chi connectivity index (χ2n) is 2.71. The third-order valence-electron chi connectivity index (χ3n) is 1.57. The molecule has 76 valence electrons. The van der Waals surface area contributed by atoms with Gasteiger partial charge in [-0.25, -0.2) is 8.78 Å². The molecular formula is C10H11F2NO. The van der Waals surface area contributed by atoms with Crippen molar-refractivity contribution in [2.45, 2.75) is 20.0 Å². The monoisotopic (exact) mass is 199 g/mol. The number of oxime groups is 1. The van der Waals surface area contributed by atoms with E-state index in [2.05, 4.69) is 5.16 Å². The van der Waals surface area contributed by atoms with Gasteiger partial charge < -0.3 is 4.84 Å². The van der Waals surface area contributed by atoms with Crippen molar-refractivity contribution in [3.8, 4) is 0 Å².